The molecule has 1 atom stereocenters. The highest BCUT2D eigenvalue weighted by molar-refractivity contribution is 6.49. The van der Waals surface area contributed by atoms with Gasteiger partial charge in [0.2, 0.25) is 0 Å². The molecule has 1 aromatic rings. The zero-order valence-electron chi connectivity index (χ0n) is 11.6. The van der Waals surface area contributed by atoms with Crippen LogP contribution < -0.4 is 5.32 Å². The number of nitrogens with zero attached hydrogens (tertiary/aromatic N) is 1. The van der Waals surface area contributed by atoms with Crippen molar-refractivity contribution in [3.63, 3.8) is 0 Å². The molecule has 1 heterocycles. The Hall–Kier alpha value is -1.52. The zero-order valence-corrected chi connectivity index (χ0v) is 13.1. The number of carbonyl (C=O) groups excluding carboxylic acids is 2. The first-order valence-corrected chi connectivity index (χ1v) is 7.54. The van der Waals surface area contributed by atoms with Crippen LogP contribution in [0.3, 0.4) is 0 Å². The number of nitrogens with one attached hydrogen (secondary N) is 1. The molecule has 2 rings (SSSR count). The number of halogens is 2. The number of hydrogen-bond donors (Lipinski definition) is 1. The fourth-order valence-corrected chi connectivity index (χ4v) is 2.56. The molecule has 0 bridgehead atoms. The van der Waals surface area contributed by atoms with Gasteiger partial charge in [-0.2, -0.15) is 0 Å². The average molecular weight is 327 g/mol. The van der Waals surface area contributed by atoms with Crippen LogP contribution in [0.4, 0.5) is 0 Å². The van der Waals surface area contributed by atoms with Gasteiger partial charge in [0.15, 0.2) is 0 Å². The molecule has 21 heavy (non-hydrogen) atoms. The third-order valence-electron chi connectivity index (χ3n) is 3.27. The zero-order chi connectivity index (χ0) is 15.4. The number of hydrogen-bond acceptors (Lipinski definition) is 2. The molecule has 1 aromatic carbocycles. The van der Waals surface area contributed by atoms with Crippen LogP contribution in [0, 0.1) is 0 Å². The van der Waals surface area contributed by atoms with Crippen molar-refractivity contribution < 1.29 is 9.59 Å². The Balaban J connectivity index is 2.15. The molecule has 0 spiro atoms. The van der Waals surface area contributed by atoms with Gasteiger partial charge in [0, 0.05) is 12.1 Å². The summed E-state index contributed by atoms with van der Waals surface area (Å²) < 4.78 is 0. The van der Waals surface area contributed by atoms with Crippen molar-refractivity contribution in [2.45, 2.75) is 25.9 Å². The number of unbranched alkanes of at least 4 members (excludes halogenated alkanes) is 1. The normalized spacial score (nSPS) is 18.3. The molecule has 6 heteroatoms. The van der Waals surface area contributed by atoms with Crippen molar-refractivity contribution in [1.82, 2.24) is 10.2 Å². The molecular formula is C15H16Cl2N2O2. The Labute approximate surface area is 133 Å². The summed E-state index contributed by atoms with van der Waals surface area (Å²) in [5.41, 5.74) is 0.507. The number of rotatable bonds is 5. The molecule has 112 valence electrons. The maximum atomic E-state index is 12.2. The van der Waals surface area contributed by atoms with E-state index in [1.807, 2.05) is 13.0 Å². The summed E-state index contributed by atoms with van der Waals surface area (Å²) in [6.45, 7) is 2.52. The summed E-state index contributed by atoms with van der Waals surface area (Å²) in [4.78, 5) is 25.8. The summed E-state index contributed by atoms with van der Waals surface area (Å²) in [7, 11) is 0. The van der Waals surface area contributed by atoms with E-state index in [1.165, 1.54) is 4.90 Å². The molecule has 2 amide bonds. The van der Waals surface area contributed by atoms with Gasteiger partial charge in [-0.25, -0.2) is 0 Å². The molecule has 4 nitrogen and oxygen atoms in total. The summed E-state index contributed by atoms with van der Waals surface area (Å²) in [6, 6.07) is 8.76. The quantitative estimate of drug-likeness (QED) is 0.903. The second kappa shape index (κ2) is 6.96. The minimum absolute atomic E-state index is 0.0221. The lowest BCUT2D eigenvalue weighted by Gasteiger charge is -2.26. The predicted octanol–water partition coefficient (Wildman–Crippen LogP) is 3.07. The number of amides is 2. The first-order chi connectivity index (χ1) is 10.1. The van der Waals surface area contributed by atoms with Crippen LogP contribution in [0.25, 0.3) is 0 Å². The van der Waals surface area contributed by atoms with Crippen molar-refractivity contribution in [1.29, 1.82) is 0 Å². The van der Waals surface area contributed by atoms with Gasteiger partial charge in [0.1, 0.15) is 11.2 Å². The van der Waals surface area contributed by atoms with Gasteiger partial charge in [-0.1, -0.05) is 54.7 Å². The second-order valence-corrected chi connectivity index (χ2v) is 5.54. The van der Waals surface area contributed by atoms with Gasteiger partial charge in [-0.05, 0) is 18.6 Å². The van der Waals surface area contributed by atoms with Crippen molar-refractivity contribution in [3.05, 3.63) is 46.0 Å². The van der Waals surface area contributed by atoms with Gasteiger partial charge >= 0.3 is 0 Å². The number of benzene rings is 1. The Kier molecular flexibility index (Phi) is 5.26. The third kappa shape index (κ3) is 3.39. The van der Waals surface area contributed by atoms with Gasteiger partial charge in [-0.3, -0.25) is 9.59 Å². The molecule has 1 aliphatic heterocycles. The van der Waals surface area contributed by atoms with E-state index in [2.05, 4.69) is 5.32 Å². The van der Waals surface area contributed by atoms with E-state index in [4.69, 9.17) is 23.2 Å². The predicted molar refractivity (Wildman–Crippen MR) is 83.0 cm³/mol. The fraction of sp³-hybridized carbons (Fsp3) is 0.333. The number of carbonyl (C=O) groups is 2. The van der Waals surface area contributed by atoms with Crippen LogP contribution >= 0.6 is 23.2 Å². The molecular weight excluding hydrogens is 311 g/mol. The van der Waals surface area contributed by atoms with Crippen LogP contribution in [0.1, 0.15) is 30.1 Å². The van der Waals surface area contributed by atoms with E-state index in [1.54, 1.807) is 24.3 Å². The molecule has 0 saturated heterocycles. The lowest BCUT2D eigenvalue weighted by atomic mass is 10.2. The monoisotopic (exact) mass is 326 g/mol. The lowest BCUT2D eigenvalue weighted by molar-refractivity contribution is -0.126. The van der Waals surface area contributed by atoms with Crippen LogP contribution in [0.2, 0.25) is 0 Å². The molecule has 0 aromatic heterocycles. The van der Waals surface area contributed by atoms with E-state index in [-0.39, 0.29) is 21.9 Å². The van der Waals surface area contributed by atoms with Crippen molar-refractivity contribution in [3.8, 4) is 0 Å². The van der Waals surface area contributed by atoms with Crippen LogP contribution in [0.5, 0.6) is 0 Å². The first kappa shape index (κ1) is 15.9. The van der Waals surface area contributed by atoms with E-state index in [0.29, 0.717) is 12.1 Å². The molecule has 0 saturated carbocycles. The molecule has 1 unspecified atom stereocenters. The van der Waals surface area contributed by atoms with Crippen LogP contribution in [-0.2, 0) is 4.79 Å². The summed E-state index contributed by atoms with van der Waals surface area (Å²) >= 11 is 12.0. The lowest BCUT2D eigenvalue weighted by Crippen LogP contribution is -2.47. The van der Waals surface area contributed by atoms with Crippen LogP contribution in [-0.4, -0.2) is 29.4 Å². The first-order valence-electron chi connectivity index (χ1n) is 6.78. The highest BCUT2D eigenvalue weighted by Gasteiger charge is 2.38. The van der Waals surface area contributed by atoms with Crippen molar-refractivity contribution in [2.75, 3.05) is 6.54 Å². The molecule has 1 N–H and O–H groups in total. The summed E-state index contributed by atoms with van der Waals surface area (Å²) in [6.07, 6.45) is 1.06. The Morgan fingerprint density at radius 3 is 2.57 bits per heavy atom. The SMILES string of the molecule is CCCCN1C(=O)C(Cl)=C(Cl)C1NC(=O)c1ccccc1. The Morgan fingerprint density at radius 2 is 1.95 bits per heavy atom. The summed E-state index contributed by atoms with van der Waals surface area (Å²) in [5.74, 6) is -0.632. The maximum Gasteiger partial charge on any atom is 0.268 e. The highest BCUT2D eigenvalue weighted by atomic mass is 35.5. The molecule has 0 fully saturated rings. The van der Waals surface area contributed by atoms with E-state index in [0.717, 1.165) is 12.8 Å². The highest BCUT2D eigenvalue weighted by Crippen LogP contribution is 2.30. The second-order valence-electron chi connectivity index (χ2n) is 4.76. The standard InChI is InChI=1S/C15H16Cl2N2O2/c1-2-3-9-19-13(11(16)12(17)15(19)21)18-14(20)10-7-5-4-6-8-10/h4-8,13H,2-3,9H2,1H3,(H,18,20). The summed E-state index contributed by atoms with van der Waals surface area (Å²) in [5, 5.41) is 2.90. The van der Waals surface area contributed by atoms with Crippen LogP contribution in [0.15, 0.2) is 40.4 Å². The molecule has 0 aliphatic carbocycles. The molecule has 1 aliphatic rings. The van der Waals surface area contributed by atoms with E-state index < -0.39 is 6.17 Å². The third-order valence-corrected chi connectivity index (χ3v) is 4.12. The van der Waals surface area contributed by atoms with Gasteiger partial charge in [0.25, 0.3) is 11.8 Å². The molecule has 0 radical (unpaired) electrons. The topological polar surface area (TPSA) is 49.4 Å². The van der Waals surface area contributed by atoms with Gasteiger partial charge in [-0.15, -0.1) is 0 Å². The largest absolute Gasteiger partial charge is 0.327 e. The van der Waals surface area contributed by atoms with Gasteiger partial charge in [0.05, 0.1) is 5.03 Å². The minimum Gasteiger partial charge on any atom is -0.327 e. The van der Waals surface area contributed by atoms with Crippen molar-refractivity contribution in [2.24, 2.45) is 0 Å². The minimum atomic E-state index is -0.689. The Morgan fingerprint density at radius 1 is 1.29 bits per heavy atom. The van der Waals surface area contributed by atoms with Crippen molar-refractivity contribution >= 4 is 35.0 Å². The maximum absolute atomic E-state index is 12.2. The van der Waals surface area contributed by atoms with E-state index >= 15 is 0 Å². The average Bonchev–Trinajstić information content (AvgIpc) is 2.71. The fourth-order valence-electron chi connectivity index (χ4n) is 2.10. The smallest absolute Gasteiger partial charge is 0.268 e. The van der Waals surface area contributed by atoms with E-state index in [9.17, 15) is 9.59 Å². The van der Waals surface area contributed by atoms with Gasteiger partial charge < -0.3 is 10.2 Å². The Bertz CT molecular complexity index is 572.